The van der Waals surface area contributed by atoms with Crippen LogP contribution in [0.1, 0.15) is 13.8 Å². The van der Waals surface area contributed by atoms with E-state index in [1.165, 1.54) is 11.8 Å². The van der Waals surface area contributed by atoms with Crippen molar-refractivity contribution in [1.29, 1.82) is 0 Å². The summed E-state index contributed by atoms with van der Waals surface area (Å²) in [5.41, 5.74) is 0. The van der Waals surface area contributed by atoms with E-state index in [1.54, 1.807) is 6.20 Å². The van der Waals surface area contributed by atoms with Crippen LogP contribution in [0.3, 0.4) is 0 Å². The van der Waals surface area contributed by atoms with Crippen LogP contribution in [0.25, 0.3) is 0 Å². The van der Waals surface area contributed by atoms with Gasteiger partial charge in [0.25, 0.3) is 0 Å². The number of halogens is 1. The molecule has 0 fully saturated rings. The number of hydrogen-bond donors (Lipinski definition) is 1. The maximum atomic E-state index is 5.35. The summed E-state index contributed by atoms with van der Waals surface area (Å²) in [6.07, 6.45) is 1.73. The minimum atomic E-state index is 0.313. The molecule has 0 aliphatic heterocycles. The van der Waals surface area contributed by atoms with Gasteiger partial charge >= 0.3 is 6.01 Å². The molecular formula is C12H14BrN5OS. The average Bonchev–Trinajstić information content (AvgIpc) is 2.42. The number of aromatic nitrogens is 4. The number of anilines is 1. The Morgan fingerprint density at radius 1 is 1.30 bits per heavy atom. The second-order valence-corrected chi connectivity index (χ2v) is 5.39. The van der Waals surface area contributed by atoms with Crippen molar-refractivity contribution < 1.29 is 4.74 Å². The first kappa shape index (κ1) is 15.0. The number of ether oxygens (including phenoxy) is 1. The van der Waals surface area contributed by atoms with Crippen molar-refractivity contribution in [2.75, 3.05) is 18.5 Å². The fourth-order valence-corrected chi connectivity index (χ4v) is 2.55. The molecule has 0 unspecified atom stereocenters. The predicted molar refractivity (Wildman–Crippen MR) is 81.2 cm³/mol. The minimum absolute atomic E-state index is 0.313. The summed E-state index contributed by atoms with van der Waals surface area (Å²) in [7, 11) is 0. The predicted octanol–water partition coefficient (Wildman–Crippen LogP) is 3.01. The first-order valence-electron chi connectivity index (χ1n) is 6.14. The third kappa shape index (κ3) is 4.04. The van der Waals surface area contributed by atoms with Gasteiger partial charge < -0.3 is 10.1 Å². The number of hydrogen-bond acceptors (Lipinski definition) is 7. The van der Waals surface area contributed by atoms with Crippen LogP contribution in [0.4, 0.5) is 5.95 Å². The molecule has 0 aliphatic rings. The van der Waals surface area contributed by atoms with Gasteiger partial charge in [0.1, 0.15) is 5.03 Å². The zero-order chi connectivity index (χ0) is 14.4. The topological polar surface area (TPSA) is 72.8 Å². The molecule has 106 valence electrons. The molecule has 2 rings (SSSR count). The lowest BCUT2D eigenvalue weighted by Crippen LogP contribution is -2.07. The van der Waals surface area contributed by atoms with Crippen molar-refractivity contribution >= 4 is 33.6 Å². The Labute approximate surface area is 129 Å². The van der Waals surface area contributed by atoms with E-state index in [9.17, 15) is 0 Å². The Balaban J connectivity index is 2.28. The highest BCUT2D eigenvalue weighted by molar-refractivity contribution is 9.10. The van der Waals surface area contributed by atoms with Gasteiger partial charge in [0.2, 0.25) is 11.1 Å². The third-order valence-electron chi connectivity index (χ3n) is 2.12. The summed E-state index contributed by atoms with van der Waals surface area (Å²) < 4.78 is 6.25. The summed E-state index contributed by atoms with van der Waals surface area (Å²) in [5, 5.41) is 4.39. The van der Waals surface area contributed by atoms with E-state index in [4.69, 9.17) is 4.74 Å². The second-order valence-electron chi connectivity index (χ2n) is 3.58. The van der Waals surface area contributed by atoms with Gasteiger partial charge in [0, 0.05) is 12.7 Å². The van der Waals surface area contributed by atoms with Gasteiger partial charge in [-0.05, 0) is 53.7 Å². The zero-order valence-electron chi connectivity index (χ0n) is 11.1. The SMILES string of the molecule is CCNc1nc(OCC)nc(Sc2ncccc2Br)n1. The molecule has 0 saturated carbocycles. The standard InChI is InChI=1S/C12H14BrN5OS/c1-3-14-10-16-11(19-4-2)18-12(17-10)20-9-8(13)6-5-7-15-9/h5-7H,3-4H2,1-2H3,(H,14,16,17,18). The van der Waals surface area contributed by atoms with E-state index in [0.29, 0.717) is 23.7 Å². The molecular weight excluding hydrogens is 342 g/mol. The Hall–Kier alpha value is -1.41. The molecule has 2 aromatic rings. The van der Waals surface area contributed by atoms with Crippen LogP contribution in [0.5, 0.6) is 6.01 Å². The fourth-order valence-electron chi connectivity index (χ4n) is 1.35. The van der Waals surface area contributed by atoms with Gasteiger partial charge in [-0.1, -0.05) is 0 Å². The molecule has 20 heavy (non-hydrogen) atoms. The lowest BCUT2D eigenvalue weighted by Gasteiger charge is -2.07. The highest BCUT2D eigenvalue weighted by Gasteiger charge is 2.10. The first-order chi connectivity index (χ1) is 9.72. The van der Waals surface area contributed by atoms with Crippen molar-refractivity contribution in [3.8, 4) is 6.01 Å². The highest BCUT2D eigenvalue weighted by atomic mass is 79.9. The van der Waals surface area contributed by atoms with Crippen LogP contribution in [0.2, 0.25) is 0 Å². The van der Waals surface area contributed by atoms with E-state index in [1.807, 2.05) is 26.0 Å². The van der Waals surface area contributed by atoms with Crippen LogP contribution >= 0.6 is 27.7 Å². The molecule has 2 heterocycles. The van der Waals surface area contributed by atoms with Crippen LogP contribution in [-0.2, 0) is 0 Å². The molecule has 0 saturated heterocycles. The average molecular weight is 356 g/mol. The Kier molecular flexibility index (Phi) is 5.54. The van der Waals surface area contributed by atoms with Crippen molar-refractivity contribution in [3.05, 3.63) is 22.8 Å². The van der Waals surface area contributed by atoms with Gasteiger partial charge in [-0.3, -0.25) is 0 Å². The van der Waals surface area contributed by atoms with E-state index < -0.39 is 0 Å². The molecule has 0 aliphatic carbocycles. The highest BCUT2D eigenvalue weighted by Crippen LogP contribution is 2.30. The van der Waals surface area contributed by atoms with E-state index in [-0.39, 0.29) is 0 Å². The lowest BCUT2D eigenvalue weighted by molar-refractivity contribution is 0.308. The van der Waals surface area contributed by atoms with Crippen LogP contribution in [-0.4, -0.2) is 33.1 Å². The normalized spacial score (nSPS) is 10.3. The van der Waals surface area contributed by atoms with Gasteiger partial charge in [-0.15, -0.1) is 0 Å². The number of rotatable bonds is 6. The fraction of sp³-hybridized carbons (Fsp3) is 0.333. The molecule has 0 radical (unpaired) electrons. The molecule has 6 nitrogen and oxygen atoms in total. The van der Waals surface area contributed by atoms with Crippen molar-refractivity contribution in [2.24, 2.45) is 0 Å². The summed E-state index contributed by atoms with van der Waals surface area (Å²) >= 11 is 4.80. The number of pyridine rings is 1. The van der Waals surface area contributed by atoms with Crippen LogP contribution in [0.15, 0.2) is 33.0 Å². The molecule has 2 aromatic heterocycles. The molecule has 0 spiro atoms. The van der Waals surface area contributed by atoms with E-state index in [0.717, 1.165) is 16.0 Å². The van der Waals surface area contributed by atoms with E-state index >= 15 is 0 Å². The quantitative estimate of drug-likeness (QED) is 0.853. The Morgan fingerprint density at radius 2 is 2.15 bits per heavy atom. The molecule has 0 bridgehead atoms. The van der Waals surface area contributed by atoms with Crippen molar-refractivity contribution in [2.45, 2.75) is 24.0 Å². The number of nitrogens with zero attached hydrogens (tertiary/aromatic N) is 4. The maximum Gasteiger partial charge on any atom is 0.322 e. The van der Waals surface area contributed by atoms with Gasteiger partial charge in [0.05, 0.1) is 11.1 Å². The van der Waals surface area contributed by atoms with Gasteiger partial charge in [-0.2, -0.15) is 15.0 Å². The second kappa shape index (κ2) is 7.39. The Morgan fingerprint density at radius 3 is 2.85 bits per heavy atom. The summed E-state index contributed by atoms with van der Waals surface area (Å²) in [6.45, 7) is 5.10. The number of nitrogens with one attached hydrogen (secondary N) is 1. The molecule has 8 heteroatoms. The lowest BCUT2D eigenvalue weighted by atomic mass is 10.5. The first-order valence-corrected chi connectivity index (χ1v) is 7.75. The summed E-state index contributed by atoms with van der Waals surface area (Å²) in [4.78, 5) is 17.0. The van der Waals surface area contributed by atoms with Gasteiger partial charge in [-0.25, -0.2) is 4.98 Å². The summed E-state index contributed by atoms with van der Waals surface area (Å²) in [6, 6.07) is 4.09. The molecule has 0 amide bonds. The van der Waals surface area contributed by atoms with Crippen molar-refractivity contribution in [1.82, 2.24) is 19.9 Å². The monoisotopic (exact) mass is 355 g/mol. The molecule has 1 N–H and O–H groups in total. The Bertz CT molecular complexity index is 559. The maximum absolute atomic E-state index is 5.35. The third-order valence-corrected chi connectivity index (χ3v) is 3.90. The summed E-state index contributed by atoms with van der Waals surface area (Å²) in [5.74, 6) is 0.500. The smallest absolute Gasteiger partial charge is 0.322 e. The zero-order valence-corrected chi connectivity index (χ0v) is 13.5. The minimum Gasteiger partial charge on any atom is -0.464 e. The van der Waals surface area contributed by atoms with Crippen molar-refractivity contribution in [3.63, 3.8) is 0 Å². The molecule has 0 atom stereocenters. The molecule has 0 aromatic carbocycles. The van der Waals surface area contributed by atoms with Gasteiger partial charge in [0.15, 0.2) is 0 Å². The van der Waals surface area contributed by atoms with E-state index in [2.05, 4.69) is 41.2 Å². The van der Waals surface area contributed by atoms with Crippen LogP contribution < -0.4 is 10.1 Å². The van der Waals surface area contributed by atoms with Crippen LogP contribution in [0, 0.1) is 0 Å². The largest absolute Gasteiger partial charge is 0.464 e.